The van der Waals surface area contributed by atoms with Crippen molar-refractivity contribution < 1.29 is 8.42 Å². The number of benzene rings is 2. The van der Waals surface area contributed by atoms with E-state index in [4.69, 9.17) is 0 Å². The number of likely N-dealkylation sites (tertiary alicyclic amines) is 1. The Morgan fingerprint density at radius 2 is 1.91 bits per heavy atom. The van der Waals surface area contributed by atoms with Crippen molar-refractivity contribution in [3.63, 3.8) is 0 Å². The zero-order valence-electron chi connectivity index (χ0n) is 12.7. The van der Waals surface area contributed by atoms with Gasteiger partial charge >= 0.3 is 0 Å². The van der Waals surface area contributed by atoms with Crippen LogP contribution >= 0.6 is 15.9 Å². The van der Waals surface area contributed by atoms with Gasteiger partial charge in [-0.2, -0.15) is 0 Å². The predicted molar refractivity (Wildman–Crippen MR) is 94.6 cm³/mol. The van der Waals surface area contributed by atoms with Gasteiger partial charge < -0.3 is 0 Å². The maximum absolute atomic E-state index is 12.5. The van der Waals surface area contributed by atoms with Gasteiger partial charge in [0.25, 0.3) is 0 Å². The molecule has 1 atom stereocenters. The molecule has 1 fully saturated rings. The molecule has 1 heterocycles. The monoisotopic (exact) mass is 394 g/mol. The first-order valence-corrected chi connectivity index (χ1v) is 9.85. The fraction of sp³-hybridized carbons (Fsp3) is 0.294. The van der Waals surface area contributed by atoms with E-state index in [0.717, 1.165) is 30.5 Å². The van der Waals surface area contributed by atoms with Gasteiger partial charge in [-0.3, -0.25) is 4.90 Å². The second kappa shape index (κ2) is 7.13. The van der Waals surface area contributed by atoms with E-state index in [1.807, 2.05) is 24.3 Å². The number of hydrogen-bond donors (Lipinski definition) is 1. The lowest BCUT2D eigenvalue weighted by Crippen LogP contribution is -2.36. The summed E-state index contributed by atoms with van der Waals surface area (Å²) < 4.78 is 28.5. The van der Waals surface area contributed by atoms with Crippen LogP contribution < -0.4 is 4.72 Å². The van der Waals surface area contributed by atoms with Gasteiger partial charge in [-0.15, -0.1) is 0 Å². The number of nitrogens with one attached hydrogen (secondary N) is 1. The van der Waals surface area contributed by atoms with E-state index in [1.165, 1.54) is 5.56 Å². The molecule has 0 radical (unpaired) electrons. The second-order valence-electron chi connectivity index (χ2n) is 5.78. The SMILES string of the molecule is O=S(=O)(NC1CCN(Cc2ccccc2)C1)c1cccc(Br)c1. The molecule has 1 aliphatic rings. The molecule has 1 aliphatic heterocycles. The standard InChI is InChI=1S/C17H19BrN2O2S/c18-15-7-4-8-17(11-15)23(21,22)19-16-9-10-20(13-16)12-14-5-2-1-3-6-14/h1-8,11,16,19H,9-10,12-13H2. The number of nitrogens with zero attached hydrogens (tertiary/aromatic N) is 1. The summed E-state index contributed by atoms with van der Waals surface area (Å²) in [6, 6.07) is 17.0. The Morgan fingerprint density at radius 1 is 1.13 bits per heavy atom. The summed E-state index contributed by atoms with van der Waals surface area (Å²) in [5.74, 6) is 0. The van der Waals surface area contributed by atoms with Crippen molar-refractivity contribution in [1.29, 1.82) is 0 Å². The first kappa shape index (κ1) is 16.6. The van der Waals surface area contributed by atoms with Gasteiger partial charge in [-0.25, -0.2) is 13.1 Å². The number of rotatable bonds is 5. The lowest BCUT2D eigenvalue weighted by Gasteiger charge is -2.17. The Morgan fingerprint density at radius 3 is 2.65 bits per heavy atom. The zero-order chi connectivity index (χ0) is 16.3. The summed E-state index contributed by atoms with van der Waals surface area (Å²) in [5, 5.41) is 0. The minimum Gasteiger partial charge on any atom is -0.297 e. The van der Waals surface area contributed by atoms with Gasteiger partial charge in [0.2, 0.25) is 10.0 Å². The van der Waals surface area contributed by atoms with Crippen LogP contribution in [0.25, 0.3) is 0 Å². The third kappa shape index (κ3) is 4.41. The van der Waals surface area contributed by atoms with Crippen LogP contribution in [-0.4, -0.2) is 32.4 Å². The molecule has 0 amide bonds. The summed E-state index contributed by atoms with van der Waals surface area (Å²) in [5.41, 5.74) is 1.25. The molecule has 23 heavy (non-hydrogen) atoms. The van der Waals surface area contributed by atoms with Crippen LogP contribution in [0.1, 0.15) is 12.0 Å². The number of sulfonamides is 1. The van der Waals surface area contributed by atoms with E-state index in [1.54, 1.807) is 18.2 Å². The van der Waals surface area contributed by atoms with E-state index in [-0.39, 0.29) is 6.04 Å². The zero-order valence-corrected chi connectivity index (χ0v) is 15.1. The quantitative estimate of drug-likeness (QED) is 0.847. The van der Waals surface area contributed by atoms with Gasteiger partial charge in [0, 0.05) is 30.1 Å². The highest BCUT2D eigenvalue weighted by Gasteiger charge is 2.27. The molecule has 2 aromatic carbocycles. The summed E-state index contributed by atoms with van der Waals surface area (Å²) >= 11 is 3.31. The molecule has 0 spiro atoms. The minimum absolute atomic E-state index is 0.0392. The van der Waals surface area contributed by atoms with E-state index >= 15 is 0 Å². The predicted octanol–water partition coefficient (Wildman–Crippen LogP) is 3.00. The normalized spacial score (nSPS) is 19.1. The number of halogens is 1. The fourth-order valence-corrected chi connectivity index (χ4v) is 4.69. The first-order valence-electron chi connectivity index (χ1n) is 7.57. The minimum atomic E-state index is -3.47. The summed E-state index contributed by atoms with van der Waals surface area (Å²) in [6.07, 6.45) is 0.833. The molecule has 1 N–H and O–H groups in total. The molecule has 6 heteroatoms. The highest BCUT2D eigenvalue weighted by Crippen LogP contribution is 2.19. The van der Waals surface area contributed by atoms with Gasteiger partial charge in [-0.1, -0.05) is 52.3 Å². The average molecular weight is 395 g/mol. The molecule has 0 aromatic heterocycles. The molecule has 3 rings (SSSR count). The Bertz CT molecular complexity index is 765. The van der Waals surface area contributed by atoms with Crippen LogP contribution in [0, 0.1) is 0 Å². The third-order valence-corrected chi connectivity index (χ3v) is 5.96. The van der Waals surface area contributed by atoms with Crippen molar-refractivity contribution in [2.75, 3.05) is 13.1 Å². The van der Waals surface area contributed by atoms with Crippen molar-refractivity contribution in [1.82, 2.24) is 9.62 Å². The Kier molecular flexibility index (Phi) is 5.16. The summed E-state index contributed by atoms with van der Waals surface area (Å²) in [6.45, 7) is 2.50. The van der Waals surface area contributed by atoms with Crippen molar-refractivity contribution in [2.45, 2.75) is 23.9 Å². The van der Waals surface area contributed by atoms with Crippen molar-refractivity contribution >= 4 is 26.0 Å². The van der Waals surface area contributed by atoms with E-state index in [2.05, 4.69) is 37.7 Å². The third-order valence-electron chi connectivity index (χ3n) is 3.95. The molecule has 2 aromatic rings. The van der Waals surface area contributed by atoms with Gasteiger partial charge in [0.05, 0.1) is 4.90 Å². The summed E-state index contributed by atoms with van der Waals surface area (Å²) in [4.78, 5) is 2.58. The maximum atomic E-state index is 12.5. The lowest BCUT2D eigenvalue weighted by molar-refractivity contribution is 0.324. The van der Waals surface area contributed by atoms with E-state index in [0.29, 0.717) is 4.90 Å². The smallest absolute Gasteiger partial charge is 0.240 e. The van der Waals surface area contributed by atoms with Crippen LogP contribution in [0.15, 0.2) is 64.0 Å². The number of hydrogen-bond acceptors (Lipinski definition) is 3. The Balaban J connectivity index is 1.61. The van der Waals surface area contributed by atoms with Crippen LogP contribution in [0.3, 0.4) is 0 Å². The lowest BCUT2D eigenvalue weighted by atomic mass is 10.2. The van der Waals surface area contributed by atoms with Crippen LogP contribution in [-0.2, 0) is 16.6 Å². The Hall–Kier alpha value is -1.21. The van der Waals surface area contributed by atoms with Crippen molar-refractivity contribution in [3.8, 4) is 0 Å². The van der Waals surface area contributed by atoms with Gasteiger partial charge in [-0.05, 0) is 30.2 Å². The van der Waals surface area contributed by atoms with E-state index in [9.17, 15) is 8.42 Å². The largest absolute Gasteiger partial charge is 0.297 e. The van der Waals surface area contributed by atoms with E-state index < -0.39 is 10.0 Å². The topological polar surface area (TPSA) is 49.4 Å². The molecule has 1 saturated heterocycles. The van der Waals surface area contributed by atoms with Crippen molar-refractivity contribution in [3.05, 3.63) is 64.6 Å². The highest BCUT2D eigenvalue weighted by atomic mass is 79.9. The molecular weight excluding hydrogens is 376 g/mol. The van der Waals surface area contributed by atoms with Crippen LogP contribution in [0.2, 0.25) is 0 Å². The first-order chi connectivity index (χ1) is 11.0. The van der Waals surface area contributed by atoms with Gasteiger partial charge in [0.15, 0.2) is 0 Å². The maximum Gasteiger partial charge on any atom is 0.240 e. The van der Waals surface area contributed by atoms with Crippen LogP contribution in [0.4, 0.5) is 0 Å². The fourth-order valence-electron chi connectivity index (χ4n) is 2.84. The van der Waals surface area contributed by atoms with Crippen molar-refractivity contribution in [2.24, 2.45) is 0 Å². The second-order valence-corrected chi connectivity index (χ2v) is 8.41. The molecule has 4 nitrogen and oxygen atoms in total. The molecule has 0 bridgehead atoms. The summed E-state index contributed by atoms with van der Waals surface area (Å²) in [7, 11) is -3.47. The average Bonchev–Trinajstić information content (AvgIpc) is 2.94. The molecule has 0 saturated carbocycles. The Labute approximate surface area is 145 Å². The molecule has 0 aliphatic carbocycles. The molecular formula is C17H19BrN2O2S. The molecule has 122 valence electrons. The van der Waals surface area contributed by atoms with Crippen LogP contribution in [0.5, 0.6) is 0 Å². The highest BCUT2D eigenvalue weighted by molar-refractivity contribution is 9.10. The van der Waals surface area contributed by atoms with Gasteiger partial charge in [0.1, 0.15) is 0 Å². The molecule has 1 unspecified atom stereocenters.